The molecule has 98 valence electrons. The fourth-order valence-corrected chi connectivity index (χ4v) is 2.40. The van der Waals surface area contributed by atoms with Crippen LogP contribution in [0.15, 0.2) is 36.5 Å². The monoisotopic (exact) mass is 276 g/mol. The van der Waals surface area contributed by atoms with Gasteiger partial charge in [0.2, 0.25) is 6.79 Å². The number of hydrogen-bond acceptors (Lipinski definition) is 4. The second-order valence-electron chi connectivity index (χ2n) is 4.11. The summed E-state index contributed by atoms with van der Waals surface area (Å²) in [4.78, 5) is 0. The Hall–Kier alpha value is -2.21. The molecule has 19 heavy (non-hydrogen) atoms. The van der Waals surface area contributed by atoms with Crippen LogP contribution in [0.4, 0.5) is 0 Å². The van der Waals surface area contributed by atoms with Gasteiger partial charge >= 0.3 is 0 Å². The van der Waals surface area contributed by atoms with Crippen molar-refractivity contribution in [2.45, 2.75) is 6.42 Å². The van der Waals surface area contributed by atoms with Crippen LogP contribution in [0.1, 0.15) is 11.1 Å². The summed E-state index contributed by atoms with van der Waals surface area (Å²) in [5, 5.41) is 11.5. The summed E-state index contributed by atoms with van der Waals surface area (Å²) in [7, 11) is 0. The van der Waals surface area contributed by atoms with Gasteiger partial charge in [-0.15, -0.1) is 0 Å². The molecule has 0 saturated carbocycles. The Morgan fingerprint density at radius 1 is 1.26 bits per heavy atom. The molecule has 0 spiro atoms. The molecule has 1 aliphatic rings. The molecule has 2 aromatic rings. The van der Waals surface area contributed by atoms with Gasteiger partial charge in [0.25, 0.3) is 0 Å². The highest BCUT2D eigenvalue weighted by Crippen LogP contribution is 2.33. The lowest BCUT2D eigenvalue weighted by atomic mass is 10.1. The molecule has 0 N–H and O–H groups in total. The zero-order chi connectivity index (χ0) is 13.2. The number of nitrogens with zero attached hydrogens (tertiary/aromatic N) is 1. The molecule has 0 unspecified atom stereocenters. The van der Waals surface area contributed by atoms with Crippen LogP contribution in [0.3, 0.4) is 0 Å². The minimum atomic E-state index is 0.181. The van der Waals surface area contributed by atoms with Gasteiger partial charge in [-0.2, -0.15) is 0 Å². The Morgan fingerprint density at radius 2 is 2.11 bits per heavy atom. The Balaban J connectivity index is 1.98. The third kappa shape index (κ3) is 2.22. The number of rotatable bonds is 2. The average Bonchev–Trinajstić information content (AvgIpc) is 2.86. The maximum Gasteiger partial charge on any atom is 0.231 e. The standard InChI is InChI=1S/C13H10NO4S/c15-14-5-1-2-10(13(14)19-16)6-9-3-4-11-12(7-9)18-8-17-11/h1-5,7H,6,8H2/q-1. The van der Waals surface area contributed by atoms with Crippen molar-refractivity contribution < 1.29 is 13.7 Å². The Morgan fingerprint density at radius 3 is 2.95 bits per heavy atom. The van der Waals surface area contributed by atoms with E-state index in [1.165, 1.54) is 6.20 Å². The van der Waals surface area contributed by atoms with Gasteiger partial charge in [0.1, 0.15) is 15.9 Å². The lowest BCUT2D eigenvalue weighted by molar-refractivity contribution is 0.174. The Bertz CT molecular complexity index is 719. The number of aromatic nitrogens is 1. The molecule has 0 amide bonds. The SMILES string of the molecule is O=S=c1c(Cc2ccc3c(c2)OCO3)cccn1[O-]. The molecule has 1 aliphatic heterocycles. The third-order valence-corrected chi connectivity index (χ3v) is 3.50. The van der Waals surface area contributed by atoms with Crippen molar-refractivity contribution in [2.24, 2.45) is 0 Å². The fraction of sp³-hybridized carbons (Fsp3) is 0.154. The first-order chi connectivity index (χ1) is 9.28. The summed E-state index contributed by atoms with van der Waals surface area (Å²) in [5.41, 5.74) is 1.67. The predicted molar refractivity (Wildman–Crippen MR) is 70.0 cm³/mol. The highest BCUT2D eigenvalue weighted by Gasteiger charge is 2.13. The molecule has 1 aromatic carbocycles. The average molecular weight is 276 g/mol. The number of hydrogen-bond donors (Lipinski definition) is 0. The van der Waals surface area contributed by atoms with Crippen molar-refractivity contribution in [3.63, 3.8) is 0 Å². The number of ether oxygens (including phenoxy) is 2. The highest BCUT2D eigenvalue weighted by molar-refractivity contribution is 7.56. The molecule has 0 saturated heterocycles. The molecule has 0 fully saturated rings. The lowest BCUT2D eigenvalue weighted by Crippen LogP contribution is -1.98. The number of pyridine rings is 1. The molecular formula is C13H10NO4S-. The third-order valence-electron chi connectivity index (χ3n) is 2.90. The smallest absolute Gasteiger partial charge is 0.231 e. The van der Waals surface area contributed by atoms with Gasteiger partial charge in [0, 0.05) is 6.42 Å². The molecule has 0 aliphatic carbocycles. The first-order valence-electron chi connectivity index (χ1n) is 5.67. The van der Waals surface area contributed by atoms with Crippen LogP contribution in [0.5, 0.6) is 11.5 Å². The summed E-state index contributed by atoms with van der Waals surface area (Å²) >= 11 is 0.211. The molecular weight excluding hydrogens is 266 g/mol. The molecule has 5 nitrogen and oxygen atoms in total. The van der Waals surface area contributed by atoms with Crippen LogP contribution >= 0.6 is 0 Å². The zero-order valence-electron chi connectivity index (χ0n) is 9.87. The second kappa shape index (κ2) is 4.81. The lowest BCUT2D eigenvalue weighted by Gasteiger charge is -2.12. The minimum absolute atomic E-state index is 0.181. The summed E-state index contributed by atoms with van der Waals surface area (Å²) in [6.07, 6.45) is 1.83. The van der Waals surface area contributed by atoms with Crippen LogP contribution in [0.2, 0.25) is 0 Å². The summed E-state index contributed by atoms with van der Waals surface area (Å²) in [6.45, 7) is 0.229. The molecule has 1 aromatic heterocycles. The highest BCUT2D eigenvalue weighted by atomic mass is 32.1. The second-order valence-corrected chi connectivity index (χ2v) is 4.67. The first-order valence-corrected chi connectivity index (χ1v) is 6.41. The molecule has 0 radical (unpaired) electrons. The predicted octanol–water partition coefficient (Wildman–Crippen LogP) is 1.90. The molecule has 0 bridgehead atoms. The fourth-order valence-electron chi connectivity index (χ4n) is 2.01. The van der Waals surface area contributed by atoms with Gasteiger partial charge in [0.05, 0.1) is 0 Å². The topological polar surface area (TPSA) is 63.5 Å². The van der Waals surface area contributed by atoms with Crippen molar-refractivity contribution in [1.82, 2.24) is 4.73 Å². The Kier molecular flexibility index (Phi) is 3.00. The van der Waals surface area contributed by atoms with Crippen molar-refractivity contribution in [1.29, 1.82) is 0 Å². The van der Waals surface area contributed by atoms with Crippen LogP contribution in [-0.4, -0.2) is 15.7 Å². The van der Waals surface area contributed by atoms with Crippen molar-refractivity contribution in [3.8, 4) is 11.5 Å². The van der Waals surface area contributed by atoms with Gasteiger partial charge in [-0.3, -0.25) is 0 Å². The minimum Gasteiger partial charge on any atom is -0.805 e. The van der Waals surface area contributed by atoms with E-state index in [4.69, 9.17) is 9.47 Å². The van der Waals surface area contributed by atoms with Crippen LogP contribution < -0.4 is 9.47 Å². The van der Waals surface area contributed by atoms with Crippen LogP contribution in [0.25, 0.3) is 0 Å². The van der Waals surface area contributed by atoms with Crippen molar-refractivity contribution in [2.75, 3.05) is 6.79 Å². The molecule has 0 atom stereocenters. The van der Waals surface area contributed by atoms with Crippen LogP contribution in [0, 0.1) is 9.85 Å². The molecule has 6 heteroatoms. The van der Waals surface area contributed by atoms with E-state index in [1.807, 2.05) is 18.2 Å². The van der Waals surface area contributed by atoms with Crippen molar-refractivity contribution >= 4 is 11.3 Å². The Labute approximate surface area is 112 Å². The van der Waals surface area contributed by atoms with Gasteiger partial charge in [-0.1, -0.05) is 12.1 Å². The summed E-state index contributed by atoms with van der Waals surface area (Å²) in [6, 6.07) is 9.00. The maximum absolute atomic E-state index is 11.5. The quantitative estimate of drug-likeness (QED) is 0.786. The van der Waals surface area contributed by atoms with E-state index in [0.29, 0.717) is 28.2 Å². The maximum atomic E-state index is 11.5. The van der Waals surface area contributed by atoms with Crippen molar-refractivity contribution in [3.05, 3.63) is 57.5 Å². The number of benzene rings is 1. The summed E-state index contributed by atoms with van der Waals surface area (Å²) in [5.74, 6) is 1.41. The van der Waals surface area contributed by atoms with Gasteiger partial charge in [0.15, 0.2) is 11.5 Å². The van der Waals surface area contributed by atoms with Crippen LogP contribution in [-0.2, 0) is 17.7 Å². The number of fused-ring (bicyclic) bond motifs is 1. The van der Waals surface area contributed by atoms with E-state index < -0.39 is 0 Å². The van der Waals surface area contributed by atoms with Gasteiger partial charge in [-0.05, 0) is 35.5 Å². The van der Waals surface area contributed by atoms with E-state index >= 15 is 0 Å². The van der Waals surface area contributed by atoms with E-state index in [2.05, 4.69) is 0 Å². The molecule has 2 heterocycles. The van der Waals surface area contributed by atoms with E-state index in [0.717, 1.165) is 5.56 Å². The molecule has 3 rings (SSSR count). The largest absolute Gasteiger partial charge is 0.805 e. The first kappa shape index (κ1) is 11.9. The summed E-state index contributed by atoms with van der Waals surface area (Å²) < 4.78 is 22.3. The van der Waals surface area contributed by atoms with E-state index in [1.54, 1.807) is 12.1 Å². The van der Waals surface area contributed by atoms with Gasteiger partial charge < -0.3 is 19.4 Å². The van der Waals surface area contributed by atoms with Gasteiger partial charge in [-0.25, -0.2) is 4.21 Å². The normalized spacial score (nSPS) is 12.4. The zero-order valence-corrected chi connectivity index (χ0v) is 10.7. The van der Waals surface area contributed by atoms with E-state index in [-0.39, 0.29) is 22.7 Å². The van der Waals surface area contributed by atoms with E-state index in [9.17, 15) is 9.42 Å².